The van der Waals surface area contributed by atoms with Crippen molar-refractivity contribution in [1.82, 2.24) is 29.8 Å². The van der Waals surface area contributed by atoms with Gasteiger partial charge in [-0.1, -0.05) is 40.2 Å². The van der Waals surface area contributed by atoms with Crippen molar-refractivity contribution < 1.29 is 0 Å². The molecule has 33 heavy (non-hydrogen) atoms. The number of hydrogen-bond acceptors (Lipinski definition) is 6. The van der Waals surface area contributed by atoms with Crippen molar-refractivity contribution in [3.8, 4) is 11.5 Å². The number of hydrogen-bond donors (Lipinski definition) is 0. The average molecular weight is 444 g/mol. The van der Waals surface area contributed by atoms with Gasteiger partial charge in [-0.3, -0.25) is 4.98 Å². The average Bonchev–Trinajstić information content (AvgIpc) is 3.36. The van der Waals surface area contributed by atoms with Gasteiger partial charge in [-0.15, -0.1) is 10.2 Å². The van der Waals surface area contributed by atoms with Gasteiger partial charge in [0.1, 0.15) is 5.69 Å². The second kappa shape index (κ2) is 9.25. The molecular weight excluding hydrogens is 410 g/mol. The van der Waals surface area contributed by atoms with Crippen molar-refractivity contribution >= 4 is 17.4 Å². The molecule has 0 amide bonds. The molecule has 0 spiro atoms. The summed E-state index contributed by atoms with van der Waals surface area (Å²) in [4.78, 5) is 11.0. The van der Waals surface area contributed by atoms with Crippen molar-refractivity contribution in [3.63, 3.8) is 0 Å². The second-order valence-electron chi connectivity index (χ2n) is 9.48. The molecule has 0 aliphatic heterocycles. The Kier molecular flexibility index (Phi) is 6.40. The van der Waals surface area contributed by atoms with Crippen molar-refractivity contribution in [1.29, 1.82) is 0 Å². The lowest BCUT2D eigenvalue weighted by atomic mass is 9.90. The summed E-state index contributed by atoms with van der Waals surface area (Å²) in [5, 5.41) is 14.8. The minimum Gasteiger partial charge on any atom is -0.372 e. The van der Waals surface area contributed by atoms with Gasteiger partial charge < -0.3 is 4.90 Å². The van der Waals surface area contributed by atoms with E-state index in [1.807, 2.05) is 0 Å². The molecule has 0 N–H and O–H groups in total. The van der Waals surface area contributed by atoms with Crippen LogP contribution in [0.4, 0.5) is 5.69 Å². The molecule has 4 aromatic rings. The molecule has 172 valence electrons. The smallest absolute Gasteiger partial charge is 0.205 e. The van der Waals surface area contributed by atoms with E-state index < -0.39 is 0 Å². The van der Waals surface area contributed by atoms with E-state index in [9.17, 15) is 0 Å². The first-order chi connectivity index (χ1) is 15.8. The van der Waals surface area contributed by atoms with E-state index in [1.54, 1.807) is 23.1 Å². The maximum atomic E-state index is 4.92. The molecule has 0 saturated heterocycles. The summed E-state index contributed by atoms with van der Waals surface area (Å²) in [5.74, 6) is 0.602. The van der Waals surface area contributed by atoms with Crippen LogP contribution in [0.15, 0.2) is 36.8 Å². The first-order valence-electron chi connectivity index (χ1n) is 11.7. The van der Waals surface area contributed by atoms with Crippen LogP contribution in [0, 0.1) is 6.92 Å². The summed E-state index contributed by atoms with van der Waals surface area (Å²) < 4.78 is 1.80. The zero-order valence-corrected chi connectivity index (χ0v) is 20.5. The van der Waals surface area contributed by atoms with E-state index in [4.69, 9.17) is 5.10 Å². The SMILES string of the molecule is CCCCN(CC)c1ccc(/C=c2/c(C(C)(C)C)nn3c(-c4cnccn4)nnc23)c(C)c1. The van der Waals surface area contributed by atoms with Gasteiger partial charge >= 0.3 is 0 Å². The molecule has 0 atom stereocenters. The molecular formula is C26H33N7. The Hall–Kier alpha value is -3.35. The van der Waals surface area contributed by atoms with Crippen LogP contribution in [0.25, 0.3) is 23.2 Å². The predicted octanol–water partition coefficient (Wildman–Crippen LogP) is 4.36. The minimum absolute atomic E-state index is 0.154. The lowest BCUT2D eigenvalue weighted by Gasteiger charge is -2.23. The van der Waals surface area contributed by atoms with Crippen LogP contribution in [0.1, 0.15) is 64.3 Å². The van der Waals surface area contributed by atoms with Crippen molar-refractivity contribution in [2.75, 3.05) is 18.0 Å². The van der Waals surface area contributed by atoms with Gasteiger partial charge in [0, 0.05) is 41.8 Å². The first kappa shape index (κ1) is 22.8. The third-order valence-corrected chi connectivity index (χ3v) is 5.92. The normalized spacial score (nSPS) is 12.6. The molecule has 4 rings (SSSR count). The quantitative estimate of drug-likeness (QED) is 0.423. The molecule has 3 heterocycles. The third-order valence-electron chi connectivity index (χ3n) is 5.92. The van der Waals surface area contributed by atoms with Gasteiger partial charge in [-0.25, -0.2) is 4.98 Å². The number of fused-ring (bicyclic) bond motifs is 1. The lowest BCUT2D eigenvalue weighted by Crippen LogP contribution is -2.24. The van der Waals surface area contributed by atoms with Crippen LogP contribution in [0.3, 0.4) is 0 Å². The van der Waals surface area contributed by atoms with Crippen LogP contribution >= 0.6 is 0 Å². The highest BCUT2D eigenvalue weighted by atomic mass is 15.4. The van der Waals surface area contributed by atoms with Gasteiger partial charge in [0.2, 0.25) is 5.82 Å². The van der Waals surface area contributed by atoms with Crippen LogP contribution in [-0.2, 0) is 5.41 Å². The van der Waals surface area contributed by atoms with E-state index in [0.29, 0.717) is 11.5 Å². The number of aromatic nitrogens is 6. The monoisotopic (exact) mass is 443 g/mol. The summed E-state index contributed by atoms with van der Waals surface area (Å²) in [6.45, 7) is 15.2. The fourth-order valence-electron chi connectivity index (χ4n) is 4.06. The predicted molar refractivity (Wildman–Crippen MR) is 133 cm³/mol. The van der Waals surface area contributed by atoms with Crippen LogP contribution < -0.4 is 10.1 Å². The number of benzene rings is 1. The van der Waals surface area contributed by atoms with Gasteiger partial charge in [-0.05, 0) is 49.6 Å². The number of aryl methyl sites for hydroxylation is 1. The molecule has 0 aliphatic carbocycles. The summed E-state index contributed by atoms with van der Waals surface area (Å²) in [5.41, 5.74) is 5.89. The standard InChI is InChI=1S/C26H33N7/c1-7-9-14-32(8-2)20-11-10-19(18(3)15-20)16-21-23(26(4,5)6)31-33-24(21)29-30-25(33)22-17-27-12-13-28-22/h10-13,15-17H,7-9,14H2,1-6H3/b21-16-. The lowest BCUT2D eigenvalue weighted by molar-refractivity contribution is 0.559. The third kappa shape index (κ3) is 4.58. The first-order valence-corrected chi connectivity index (χ1v) is 11.7. The van der Waals surface area contributed by atoms with Crippen molar-refractivity contribution in [2.24, 2.45) is 0 Å². The molecule has 1 aromatic carbocycles. The fraction of sp³-hybridized carbons (Fsp3) is 0.423. The van der Waals surface area contributed by atoms with E-state index >= 15 is 0 Å². The number of anilines is 1. The molecule has 0 unspecified atom stereocenters. The summed E-state index contributed by atoms with van der Waals surface area (Å²) >= 11 is 0. The van der Waals surface area contributed by atoms with Crippen molar-refractivity contribution in [2.45, 2.75) is 59.8 Å². The van der Waals surface area contributed by atoms with Crippen LogP contribution in [0.2, 0.25) is 0 Å². The molecule has 7 heteroatoms. The Labute approximate surface area is 195 Å². The Morgan fingerprint density at radius 2 is 1.91 bits per heavy atom. The number of unbranched alkanes of at least 4 members (excludes halogenated alkanes) is 1. The van der Waals surface area contributed by atoms with Crippen molar-refractivity contribution in [3.05, 3.63) is 58.8 Å². The zero-order valence-electron chi connectivity index (χ0n) is 20.5. The molecule has 0 saturated carbocycles. The molecule has 7 nitrogen and oxygen atoms in total. The van der Waals surface area contributed by atoms with E-state index in [2.05, 4.69) is 90.9 Å². The fourth-order valence-corrected chi connectivity index (χ4v) is 4.06. The highest BCUT2D eigenvalue weighted by molar-refractivity contribution is 5.65. The number of rotatable bonds is 7. The highest BCUT2D eigenvalue weighted by Gasteiger charge is 2.24. The molecule has 3 aromatic heterocycles. The maximum Gasteiger partial charge on any atom is 0.205 e. The summed E-state index contributed by atoms with van der Waals surface area (Å²) in [6, 6.07) is 6.70. The van der Waals surface area contributed by atoms with Crippen LogP contribution in [-0.4, -0.2) is 42.9 Å². The Bertz CT molecular complexity index is 1290. The molecule has 0 fully saturated rings. The van der Waals surface area contributed by atoms with E-state index in [-0.39, 0.29) is 5.41 Å². The summed E-state index contributed by atoms with van der Waals surface area (Å²) in [7, 11) is 0. The highest BCUT2D eigenvalue weighted by Crippen LogP contribution is 2.23. The molecule has 0 bridgehead atoms. The Morgan fingerprint density at radius 3 is 2.55 bits per heavy atom. The Morgan fingerprint density at radius 1 is 1.09 bits per heavy atom. The zero-order chi connectivity index (χ0) is 23.6. The van der Waals surface area contributed by atoms with E-state index in [1.165, 1.54) is 24.1 Å². The number of nitrogens with zero attached hydrogens (tertiary/aromatic N) is 7. The minimum atomic E-state index is -0.154. The van der Waals surface area contributed by atoms with Gasteiger partial charge in [0.15, 0.2) is 5.65 Å². The van der Waals surface area contributed by atoms with Gasteiger partial charge in [0.25, 0.3) is 0 Å². The molecule has 0 aliphatic rings. The maximum absolute atomic E-state index is 4.92. The largest absolute Gasteiger partial charge is 0.372 e. The molecule has 0 radical (unpaired) electrons. The second-order valence-corrected chi connectivity index (χ2v) is 9.48. The summed E-state index contributed by atoms with van der Waals surface area (Å²) in [6.07, 6.45) is 9.59. The van der Waals surface area contributed by atoms with Gasteiger partial charge in [-0.2, -0.15) is 9.61 Å². The van der Waals surface area contributed by atoms with Crippen LogP contribution in [0.5, 0.6) is 0 Å². The van der Waals surface area contributed by atoms with E-state index in [0.717, 1.165) is 35.2 Å². The Balaban J connectivity index is 1.83. The van der Waals surface area contributed by atoms with Gasteiger partial charge in [0.05, 0.1) is 11.9 Å². The topological polar surface area (TPSA) is 72.1 Å².